The number of hydrogen-bond donors (Lipinski definition) is 1. The van der Waals surface area contributed by atoms with E-state index in [1.54, 1.807) is 48.5 Å². The van der Waals surface area contributed by atoms with E-state index in [2.05, 4.69) is 5.32 Å². The molecule has 0 radical (unpaired) electrons. The topological polar surface area (TPSA) is 47.1 Å². The standard InChI is InChI=1S/C27H22Cl5N3O2.BrH/c1-17(27(36)33-22-4-2-3-19(28)11-22)35-10-9-34(16-35)14-26(23-8-7-21(30)13-25(23)32)37-15-18-5-6-20(29)12-24(18)31;/h2-13,16-17,26H,14-15H2,1H3;1H. The van der Waals surface area contributed by atoms with Crippen molar-refractivity contribution in [3.63, 3.8) is 0 Å². The van der Waals surface area contributed by atoms with Crippen LogP contribution in [0.1, 0.15) is 30.2 Å². The van der Waals surface area contributed by atoms with Gasteiger partial charge in [-0.25, -0.2) is 9.13 Å². The van der Waals surface area contributed by atoms with Crippen molar-refractivity contribution in [3.05, 3.63) is 116 Å². The molecule has 0 saturated carbocycles. The van der Waals surface area contributed by atoms with Gasteiger partial charge in [-0.05, 0) is 55.0 Å². The smallest absolute Gasteiger partial charge is 0.269 e. The van der Waals surface area contributed by atoms with Gasteiger partial charge in [0.25, 0.3) is 5.91 Å². The van der Waals surface area contributed by atoms with E-state index in [1.165, 1.54) is 0 Å². The minimum Gasteiger partial charge on any atom is -1.00 e. The molecule has 3 aromatic carbocycles. The Kier molecular flexibility index (Phi) is 11.4. The number of aromatic nitrogens is 2. The van der Waals surface area contributed by atoms with E-state index in [9.17, 15) is 4.79 Å². The predicted octanol–water partition coefficient (Wildman–Crippen LogP) is 5.20. The van der Waals surface area contributed by atoms with Crippen LogP contribution in [0.4, 0.5) is 5.69 Å². The molecule has 38 heavy (non-hydrogen) atoms. The Morgan fingerprint density at radius 1 is 0.947 bits per heavy atom. The lowest BCUT2D eigenvalue weighted by Gasteiger charge is -2.19. The zero-order valence-electron chi connectivity index (χ0n) is 20.1. The lowest BCUT2D eigenvalue weighted by molar-refractivity contribution is -0.705. The second-order valence-corrected chi connectivity index (χ2v) is 10.6. The van der Waals surface area contributed by atoms with E-state index in [1.807, 2.05) is 46.9 Å². The number of benzene rings is 3. The molecule has 4 rings (SSSR count). The molecule has 200 valence electrons. The van der Waals surface area contributed by atoms with Crippen molar-refractivity contribution in [2.24, 2.45) is 0 Å². The zero-order valence-corrected chi connectivity index (χ0v) is 25.4. The van der Waals surface area contributed by atoms with E-state index >= 15 is 0 Å². The van der Waals surface area contributed by atoms with Gasteiger partial charge in [-0.15, -0.1) is 0 Å². The maximum Gasteiger partial charge on any atom is 0.269 e. The number of ether oxygens (including phenoxy) is 1. The number of rotatable bonds is 9. The molecule has 5 nitrogen and oxygen atoms in total. The molecule has 0 saturated heterocycles. The molecule has 0 spiro atoms. The first kappa shape index (κ1) is 30.8. The minimum atomic E-state index is -0.466. The van der Waals surface area contributed by atoms with Gasteiger partial charge < -0.3 is 27.0 Å². The van der Waals surface area contributed by atoms with Crippen molar-refractivity contribution in [2.45, 2.75) is 32.2 Å². The Labute approximate surface area is 256 Å². The monoisotopic (exact) mass is 675 g/mol. The third-order valence-electron chi connectivity index (χ3n) is 5.77. The van der Waals surface area contributed by atoms with Gasteiger partial charge in [-0.1, -0.05) is 76.2 Å². The molecule has 11 heteroatoms. The highest BCUT2D eigenvalue weighted by atomic mass is 79.9. The second-order valence-electron chi connectivity index (χ2n) is 8.43. The van der Waals surface area contributed by atoms with Crippen LogP contribution >= 0.6 is 58.0 Å². The summed E-state index contributed by atoms with van der Waals surface area (Å²) in [6.45, 7) is 2.50. The Bertz CT molecular complexity index is 1420. The van der Waals surface area contributed by atoms with E-state index in [-0.39, 0.29) is 29.5 Å². The van der Waals surface area contributed by atoms with Crippen molar-refractivity contribution in [3.8, 4) is 0 Å². The Hall–Kier alpha value is -1.77. The molecule has 1 N–H and O–H groups in total. The minimum absolute atomic E-state index is 0. The third-order valence-corrected chi connectivity index (χ3v) is 7.16. The van der Waals surface area contributed by atoms with E-state index in [4.69, 9.17) is 62.7 Å². The average Bonchev–Trinajstić information content (AvgIpc) is 3.31. The highest BCUT2D eigenvalue weighted by Crippen LogP contribution is 2.31. The van der Waals surface area contributed by atoms with Crippen molar-refractivity contribution in [2.75, 3.05) is 5.32 Å². The molecular formula is C27H23BrCl5N3O2. The molecule has 1 aromatic heterocycles. The van der Waals surface area contributed by atoms with E-state index in [0.717, 1.165) is 11.1 Å². The van der Waals surface area contributed by atoms with Crippen LogP contribution in [0.3, 0.4) is 0 Å². The van der Waals surface area contributed by atoms with Crippen molar-refractivity contribution < 1.29 is 31.1 Å². The summed E-state index contributed by atoms with van der Waals surface area (Å²) in [4.78, 5) is 12.8. The molecule has 0 aliphatic carbocycles. The summed E-state index contributed by atoms with van der Waals surface area (Å²) >= 11 is 31.0. The fourth-order valence-electron chi connectivity index (χ4n) is 3.72. The maximum atomic E-state index is 12.8. The van der Waals surface area contributed by atoms with Gasteiger partial charge in [0.15, 0.2) is 6.04 Å². The van der Waals surface area contributed by atoms with Crippen LogP contribution in [0, 0.1) is 0 Å². The average molecular weight is 679 g/mol. The van der Waals surface area contributed by atoms with Gasteiger partial charge in [0, 0.05) is 36.4 Å². The van der Waals surface area contributed by atoms with Crippen LogP contribution in [0.25, 0.3) is 0 Å². The molecule has 2 atom stereocenters. The first-order valence-electron chi connectivity index (χ1n) is 11.3. The number of anilines is 1. The third kappa shape index (κ3) is 8.12. The fourth-order valence-corrected chi connectivity index (χ4v) is 4.90. The van der Waals surface area contributed by atoms with Gasteiger partial charge in [0.1, 0.15) is 25.0 Å². The normalized spacial score (nSPS) is 12.5. The van der Waals surface area contributed by atoms with E-state index in [0.29, 0.717) is 37.3 Å². The molecule has 0 aliphatic rings. The largest absolute Gasteiger partial charge is 1.00 e. The van der Waals surface area contributed by atoms with Gasteiger partial charge >= 0.3 is 0 Å². The first-order chi connectivity index (χ1) is 17.7. The summed E-state index contributed by atoms with van der Waals surface area (Å²) in [6, 6.07) is 17.1. The summed E-state index contributed by atoms with van der Waals surface area (Å²) < 4.78 is 10.0. The van der Waals surface area contributed by atoms with Crippen LogP contribution in [0.2, 0.25) is 25.1 Å². The lowest BCUT2D eigenvalue weighted by atomic mass is 10.1. The van der Waals surface area contributed by atoms with Crippen molar-refractivity contribution in [1.29, 1.82) is 0 Å². The molecule has 0 fully saturated rings. The Morgan fingerprint density at radius 2 is 1.63 bits per heavy atom. The highest BCUT2D eigenvalue weighted by molar-refractivity contribution is 6.35. The molecule has 1 amide bonds. The summed E-state index contributed by atoms with van der Waals surface area (Å²) in [5.41, 5.74) is 2.22. The summed E-state index contributed by atoms with van der Waals surface area (Å²) in [5.74, 6) is -0.170. The molecule has 4 aromatic rings. The Balaban J connectivity index is 0.00000400. The number of nitrogens with one attached hydrogen (secondary N) is 1. The van der Waals surface area contributed by atoms with Crippen LogP contribution in [-0.4, -0.2) is 10.5 Å². The second kappa shape index (κ2) is 14.0. The number of carbonyl (C=O) groups is 1. The molecule has 2 unspecified atom stereocenters. The molecule has 0 aliphatic heterocycles. The van der Waals surface area contributed by atoms with Gasteiger partial charge in [-0.3, -0.25) is 4.79 Å². The highest BCUT2D eigenvalue weighted by Gasteiger charge is 2.24. The number of halogens is 6. The first-order valence-corrected chi connectivity index (χ1v) is 13.2. The summed E-state index contributed by atoms with van der Waals surface area (Å²) in [7, 11) is 0. The van der Waals surface area contributed by atoms with Crippen LogP contribution in [0.5, 0.6) is 0 Å². The van der Waals surface area contributed by atoms with Gasteiger partial charge in [0.05, 0.1) is 6.61 Å². The van der Waals surface area contributed by atoms with Crippen LogP contribution in [0.15, 0.2) is 79.4 Å². The molecular weight excluding hydrogens is 655 g/mol. The predicted molar refractivity (Wildman–Crippen MR) is 150 cm³/mol. The Morgan fingerprint density at radius 3 is 2.32 bits per heavy atom. The maximum absolute atomic E-state index is 12.8. The lowest BCUT2D eigenvalue weighted by Crippen LogP contribution is -3.00. The molecule has 0 bridgehead atoms. The number of amides is 1. The zero-order chi connectivity index (χ0) is 26.5. The quantitative estimate of drug-likeness (QED) is 0.248. The van der Waals surface area contributed by atoms with Crippen LogP contribution in [-0.2, 0) is 22.7 Å². The molecule has 1 heterocycles. The summed E-state index contributed by atoms with van der Waals surface area (Å²) in [6.07, 6.45) is 5.13. The van der Waals surface area contributed by atoms with Crippen LogP contribution < -0.4 is 26.9 Å². The number of hydrogen-bond acceptors (Lipinski definition) is 2. The van der Waals surface area contributed by atoms with E-state index < -0.39 is 12.1 Å². The number of imidazole rings is 1. The van der Waals surface area contributed by atoms with Crippen molar-refractivity contribution in [1.82, 2.24) is 4.57 Å². The fraction of sp³-hybridized carbons (Fsp3) is 0.185. The number of carbonyl (C=O) groups excluding carboxylic acids is 1. The van der Waals surface area contributed by atoms with Gasteiger partial charge in [0.2, 0.25) is 6.33 Å². The SMILES string of the molecule is CC(C(=O)Nc1cccc(Cl)c1)[n+]1ccn(CC(OCc2ccc(Cl)cc2Cl)c2ccc(Cl)cc2Cl)c1.[Br-]. The summed E-state index contributed by atoms with van der Waals surface area (Å²) in [5, 5.41) is 5.54. The van der Waals surface area contributed by atoms with Crippen molar-refractivity contribution >= 4 is 69.6 Å². The van der Waals surface area contributed by atoms with Gasteiger partial charge in [-0.2, -0.15) is 0 Å². The number of nitrogens with zero attached hydrogens (tertiary/aromatic N) is 2.